The molecule has 0 N–H and O–H groups in total. The minimum Gasteiger partial charge on any atom is -0.299 e. The zero-order valence-corrected chi connectivity index (χ0v) is 9.84. The summed E-state index contributed by atoms with van der Waals surface area (Å²) >= 11 is 2.33. The van der Waals surface area contributed by atoms with E-state index in [0.29, 0.717) is 15.6 Å². The molecule has 0 bridgehead atoms. The van der Waals surface area contributed by atoms with Crippen molar-refractivity contribution < 1.29 is 4.79 Å². The van der Waals surface area contributed by atoms with Crippen LogP contribution in [-0.4, -0.2) is 9.71 Å². The third kappa shape index (κ3) is 2.71. The van der Waals surface area contributed by atoms with Crippen LogP contribution in [-0.2, 0) is 4.79 Å². The second kappa shape index (κ2) is 5.20. The average molecular weight is 280 g/mol. The number of halogens is 1. The van der Waals surface area contributed by atoms with Gasteiger partial charge in [0.15, 0.2) is 0 Å². The number of Topliss-reactive ketones (excluding diaryl/α,β-unsaturated/α-hetero) is 1. The molecule has 1 aliphatic rings. The molecule has 0 heterocycles. The standard InChI is InChI=1S/C10H17IO/c1-2-3-5-8-6-4-7-9(12)10(8)11/h8,10H,2-7H2,1H3/t8-,10-/m0/s1. The van der Waals surface area contributed by atoms with E-state index in [9.17, 15) is 4.79 Å². The van der Waals surface area contributed by atoms with E-state index in [1.54, 1.807) is 0 Å². The van der Waals surface area contributed by atoms with E-state index >= 15 is 0 Å². The van der Waals surface area contributed by atoms with Gasteiger partial charge in [-0.25, -0.2) is 0 Å². The van der Waals surface area contributed by atoms with E-state index in [4.69, 9.17) is 0 Å². The summed E-state index contributed by atoms with van der Waals surface area (Å²) in [4.78, 5) is 11.4. The van der Waals surface area contributed by atoms with Gasteiger partial charge in [-0.2, -0.15) is 0 Å². The zero-order chi connectivity index (χ0) is 8.97. The van der Waals surface area contributed by atoms with Gasteiger partial charge in [-0.3, -0.25) is 4.79 Å². The van der Waals surface area contributed by atoms with Crippen molar-refractivity contribution in [1.82, 2.24) is 0 Å². The molecule has 1 aliphatic carbocycles. The Morgan fingerprint density at radius 1 is 1.58 bits per heavy atom. The fourth-order valence-electron chi connectivity index (χ4n) is 1.84. The number of carbonyl (C=O) groups is 1. The van der Waals surface area contributed by atoms with Crippen molar-refractivity contribution in [3.63, 3.8) is 0 Å². The number of carbonyl (C=O) groups excluding carboxylic acids is 1. The van der Waals surface area contributed by atoms with Crippen LogP contribution in [0.2, 0.25) is 0 Å². The average Bonchev–Trinajstić information content (AvgIpc) is 2.08. The summed E-state index contributed by atoms with van der Waals surface area (Å²) in [6.45, 7) is 2.22. The first kappa shape index (κ1) is 10.5. The third-order valence-corrected chi connectivity index (χ3v) is 4.36. The Labute approximate surface area is 88.4 Å². The lowest BCUT2D eigenvalue weighted by molar-refractivity contribution is -0.120. The van der Waals surface area contributed by atoms with E-state index in [1.807, 2.05) is 0 Å². The van der Waals surface area contributed by atoms with Crippen molar-refractivity contribution in [3.05, 3.63) is 0 Å². The molecule has 70 valence electrons. The molecule has 0 aromatic rings. The van der Waals surface area contributed by atoms with E-state index < -0.39 is 0 Å². The van der Waals surface area contributed by atoms with Crippen LogP contribution >= 0.6 is 22.6 Å². The van der Waals surface area contributed by atoms with Crippen molar-refractivity contribution >= 4 is 28.4 Å². The molecular weight excluding hydrogens is 263 g/mol. The summed E-state index contributed by atoms with van der Waals surface area (Å²) in [7, 11) is 0. The Morgan fingerprint density at radius 2 is 2.33 bits per heavy atom. The molecule has 0 aliphatic heterocycles. The van der Waals surface area contributed by atoms with Gasteiger partial charge >= 0.3 is 0 Å². The molecule has 12 heavy (non-hydrogen) atoms. The summed E-state index contributed by atoms with van der Waals surface area (Å²) in [6.07, 6.45) is 7.05. The van der Waals surface area contributed by atoms with Gasteiger partial charge in [0, 0.05) is 6.42 Å². The molecule has 0 saturated heterocycles. The quantitative estimate of drug-likeness (QED) is 0.572. The highest BCUT2D eigenvalue weighted by Gasteiger charge is 2.28. The lowest BCUT2D eigenvalue weighted by Gasteiger charge is -2.25. The highest BCUT2D eigenvalue weighted by molar-refractivity contribution is 14.1. The summed E-state index contributed by atoms with van der Waals surface area (Å²) in [5.74, 6) is 1.18. The van der Waals surface area contributed by atoms with E-state index in [0.717, 1.165) is 12.8 Å². The van der Waals surface area contributed by atoms with Crippen LogP contribution in [0.1, 0.15) is 45.4 Å². The lowest BCUT2D eigenvalue weighted by Crippen LogP contribution is -2.28. The maximum absolute atomic E-state index is 11.4. The number of alkyl halides is 1. The molecule has 0 radical (unpaired) electrons. The Balaban J connectivity index is 2.35. The molecule has 1 rings (SSSR count). The summed E-state index contributed by atoms with van der Waals surface area (Å²) in [5, 5.41) is 0. The Bertz CT molecular complexity index is 156. The normalized spacial score (nSPS) is 30.7. The van der Waals surface area contributed by atoms with Crippen molar-refractivity contribution in [1.29, 1.82) is 0 Å². The molecule has 0 amide bonds. The highest BCUT2D eigenvalue weighted by Crippen LogP contribution is 2.31. The molecule has 0 aromatic heterocycles. The maximum Gasteiger partial charge on any atom is 0.145 e. The van der Waals surface area contributed by atoms with Crippen molar-refractivity contribution in [3.8, 4) is 0 Å². The number of hydrogen-bond donors (Lipinski definition) is 0. The molecule has 0 spiro atoms. The predicted molar refractivity (Wildman–Crippen MR) is 59.7 cm³/mol. The first-order valence-electron chi connectivity index (χ1n) is 4.92. The van der Waals surface area contributed by atoms with Gasteiger partial charge in [-0.1, -0.05) is 42.4 Å². The maximum atomic E-state index is 11.4. The second-order valence-electron chi connectivity index (χ2n) is 3.66. The fourth-order valence-corrected chi connectivity index (χ4v) is 2.87. The number of ketones is 1. The van der Waals surface area contributed by atoms with E-state index in [1.165, 1.54) is 25.7 Å². The smallest absolute Gasteiger partial charge is 0.145 e. The van der Waals surface area contributed by atoms with Gasteiger partial charge in [-0.05, 0) is 25.2 Å². The summed E-state index contributed by atoms with van der Waals surface area (Å²) < 4.78 is 0.322. The third-order valence-electron chi connectivity index (χ3n) is 2.65. The summed E-state index contributed by atoms with van der Waals surface area (Å²) in [5.41, 5.74) is 0. The van der Waals surface area contributed by atoms with Crippen molar-refractivity contribution in [2.24, 2.45) is 5.92 Å². The Kier molecular flexibility index (Phi) is 4.54. The minimum absolute atomic E-state index is 0.322. The van der Waals surface area contributed by atoms with Crippen LogP contribution in [0, 0.1) is 5.92 Å². The number of unbranched alkanes of at least 4 members (excludes halogenated alkanes) is 1. The fraction of sp³-hybridized carbons (Fsp3) is 0.900. The predicted octanol–water partition coefficient (Wildman–Crippen LogP) is 3.35. The molecule has 1 nitrogen and oxygen atoms in total. The summed E-state index contributed by atoms with van der Waals surface area (Å²) in [6, 6.07) is 0. The van der Waals surface area contributed by atoms with Crippen LogP contribution in [0.15, 0.2) is 0 Å². The van der Waals surface area contributed by atoms with Crippen LogP contribution in [0.5, 0.6) is 0 Å². The van der Waals surface area contributed by atoms with Crippen LogP contribution in [0.25, 0.3) is 0 Å². The van der Waals surface area contributed by atoms with Gasteiger partial charge in [0.25, 0.3) is 0 Å². The Morgan fingerprint density at radius 3 is 3.00 bits per heavy atom. The Hall–Kier alpha value is 0.400. The van der Waals surface area contributed by atoms with Gasteiger partial charge in [0.2, 0.25) is 0 Å². The van der Waals surface area contributed by atoms with Crippen LogP contribution < -0.4 is 0 Å². The molecule has 2 heteroatoms. The highest BCUT2D eigenvalue weighted by atomic mass is 127. The molecule has 0 unspecified atom stereocenters. The van der Waals surface area contributed by atoms with Crippen LogP contribution in [0.3, 0.4) is 0 Å². The monoisotopic (exact) mass is 280 g/mol. The van der Waals surface area contributed by atoms with Crippen molar-refractivity contribution in [2.75, 3.05) is 0 Å². The van der Waals surface area contributed by atoms with Gasteiger partial charge in [0.1, 0.15) is 5.78 Å². The van der Waals surface area contributed by atoms with Gasteiger partial charge in [-0.15, -0.1) is 0 Å². The first-order chi connectivity index (χ1) is 5.75. The minimum atomic E-state index is 0.322. The number of rotatable bonds is 3. The van der Waals surface area contributed by atoms with E-state index in [-0.39, 0.29) is 0 Å². The lowest BCUT2D eigenvalue weighted by atomic mass is 9.85. The van der Waals surface area contributed by atoms with Crippen LogP contribution in [0.4, 0.5) is 0 Å². The van der Waals surface area contributed by atoms with E-state index in [2.05, 4.69) is 29.5 Å². The molecule has 1 fully saturated rings. The van der Waals surface area contributed by atoms with Gasteiger partial charge in [0.05, 0.1) is 3.92 Å². The largest absolute Gasteiger partial charge is 0.299 e. The number of hydrogen-bond acceptors (Lipinski definition) is 1. The molecule has 1 saturated carbocycles. The molecule has 2 atom stereocenters. The zero-order valence-electron chi connectivity index (χ0n) is 7.68. The topological polar surface area (TPSA) is 17.1 Å². The van der Waals surface area contributed by atoms with Gasteiger partial charge < -0.3 is 0 Å². The second-order valence-corrected chi connectivity index (χ2v) is 5.00. The molecule has 0 aromatic carbocycles. The van der Waals surface area contributed by atoms with Crippen molar-refractivity contribution in [2.45, 2.75) is 49.4 Å². The SMILES string of the molecule is CCCC[C@H]1CCCC(=O)[C@H]1I. The first-order valence-corrected chi connectivity index (χ1v) is 6.17. The molecular formula is C10H17IO.